The molecule has 1 aromatic carbocycles. The average Bonchev–Trinajstić information content (AvgIpc) is 2.85. The molecule has 20 heavy (non-hydrogen) atoms. The third kappa shape index (κ3) is 2.64. The maximum atomic E-state index is 5.94. The van der Waals surface area contributed by atoms with Gasteiger partial charge in [0.15, 0.2) is 0 Å². The Morgan fingerprint density at radius 1 is 1.15 bits per heavy atom. The van der Waals surface area contributed by atoms with Crippen molar-refractivity contribution in [2.45, 2.75) is 0 Å². The second-order valence-corrected chi connectivity index (χ2v) is 5.61. The van der Waals surface area contributed by atoms with E-state index in [4.69, 9.17) is 33.8 Å². The van der Waals surface area contributed by atoms with Gasteiger partial charge in [0.1, 0.15) is 10.6 Å². The van der Waals surface area contributed by atoms with Crippen LogP contribution in [0.4, 0.5) is 5.95 Å². The van der Waals surface area contributed by atoms with E-state index in [1.54, 1.807) is 18.2 Å². The van der Waals surface area contributed by atoms with Crippen molar-refractivity contribution < 1.29 is 4.74 Å². The third-order valence-electron chi connectivity index (χ3n) is 2.47. The number of halogens is 2. The number of aromatic nitrogens is 2. The maximum Gasteiger partial charge on any atom is 0.241 e. The van der Waals surface area contributed by atoms with E-state index in [0.29, 0.717) is 21.7 Å². The number of nitrogens with two attached hydrogens (primary N) is 1. The molecule has 0 fully saturated rings. The third-order valence-corrected chi connectivity index (χ3v) is 3.71. The summed E-state index contributed by atoms with van der Waals surface area (Å²) < 4.78 is 5.75. The molecule has 0 saturated heterocycles. The normalized spacial score (nSPS) is 10.8. The first kappa shape index (κ1) is 13.4. The van der Waals surface area contributed by atoms with Crippen molar-refractivity contribution in [1.82, 2.24) is 9.97 Å². The standard InChI is InChI=1S/C12H8Cl2N4OS/c13-6-3-7(14)5-8(4-6)19-10-9-1-2-20-11(9)17-12(16-10)18-15/h1-5H,15H2,(H,16,17,18). The van der Waals surface area contributed by atoms with Crippen LogP contribution in [-0.2, 0) is 0 Å². The fourth-order valence-corrected chi connectivity index (χ4v) is 2.93. The molecule has 3 N–H and O–H groups in total. The van der Waals surface area contributed by atoms with E-state index in [1.807, 2.05) is 11.4 Å². The fourth-order valence-electron chi connectivity index (χ4n) is 1.67. The molecule has 8 heteroatoms. The number of hydrazine groups is 1. The van der Waals surface area contributed by atoms with E-state index in [2.05, 4.69) is 15.4 Å². The van der Waals surface area contributed by atoms with Crippen LogP contribution in [0.2, 0.25) is 10.0 Å². The minimum absolute atomic E-state index is 0.281. The number of ether oxygens (including phenoxy) is 1. The van der Waals surface area contributed by atoms with Gasteiger partial charge in [-0.2, -0.15) is 4.98 Å². The molecule has 2 aromatic heterocycles. The van der Waals surface area contributed by atoms with Gasteiger partial charge in [-0.3, -0.25) is 5.43 Å². The van der Waals surface area contributed by atoms with E-state index >= 15 is 0 Å². The highest BCUT2D eigenvalue weighted by molar-refractivity contribution is 7.16. The Morgan fingerprint density at radius 2 is 1.90 bits per heavy atom. The van der Waals surface area contributed by atoms with Gasteiger partial charge in [0.05, 0.1) is 5.39 Å². The molecule has 0 radical (unpaired) electrons. The van der Waals surface area contributed by atoms with Crippen LogP contribution in [0.5, 0.6) is 11.6 Å². The highest BCUT2D eigenvalue weighted by Gasteiger charge is 2.11. The fraction of sp³-hybridized carbons (Fsp3) is 0. The summed E-state index contributed by atoms with van der Waals surface area (Å²) in [6.07, 6.45) is 0. The summed E-state index contributed by atoms with van der Waals surface area (Å²) in [6, 6.07) is 6.82. The molecule has 0 bridgehead atoms. The van der Waals surface area contributed by atoms with E-state index in [-0.39, 0.29) is 5.95 Å². The first-order chi connectivity index (χ1) is 9.65. The summed E-state index contributed by atoms with van der Waals surface area (Å²) >= 11 is 13.4. The Hall–Kier alpha value is -1.60. The topological polar surface area (TPSA) is 73.1 Å². The zero-order chi connectivity index (χ0) is 14.1. The molecule has 0 aliphatic carbocycles. The monoisotopic (exact) mass is 326 g/mol. The summed E-state index contributed by atoms with van der Waals surface area (Å²) in [4.78, 5) is 9.20. The van der Waals surface area contributed by atoms with E-state index < -0.39 is 0 Å². The highest BCUT2D eigenvalue weighted by atomic mass is 35.5. The molecule has 102 valence electrons. The molecule has 3 aromatic rings. The van der Waals surface area contributed by atoms with Crippen LogP contribution < -0.4 is 16.0 Å². The van der Waals surface area contributed by atoms with Crippen LogP contribution in [0.3, 0.4) is 0 Å². The number of rotatable bonds is 3. The Morgan fingerprint density at radius 3 is 2.60 bits per heavy atom. The van der Waals surface area contributed by atoms with Crippen molar-refractivity contribution in [3.05, 3.63) is 39.7 Å². The van der Waals surface area contributed by atoms with Crippen LogP contribution in [0.15, 0.2) is 29.6 Å². The molecule has 0 saturated carbocycles. The van der Waals surface area contributed by atoms with Crippen LogP contribution in [0, 0.1) is 0 Å². The smallest absolute Gasteiger partial charge is 0.241 e. The van der Waals surface area contributed by atoms with Crippen molar-refractivity contribution in [2.75, 3.05) is 5.43 Å². The van der Waals surface area contributed by atoms with Gasteiger partial charge in [0.2, 0.25) is 11.8 Å². The predicted molar refractivity (Wildman–Crippen MR) is 81.8 cm³/mol. The molecule has 0 atom stereocenters. The van der Waals surface area contributed by atoms with Gasteiger partial charge >= 0.3 is 0 Å². The second kappa shape index (κ2) is 5.41. The molecule has 0 amide bonds. The molecule has 0 spiro atoms. The lowest BCUT2D eigenvalue weighted by Crippen LogP contribution is -2.10. The summed E-state index contributed by atoms with van der Waals surface area (Å²) in [6.45, 7) is 0. The van der Waals surface area contributed by atoms with Crippen molar-refractivity contribution in [1.29, 1.82) is 0 Å². The van der Waals surface area contributed by atoms with Gasteiger partial charge in [0, 0.05) is 10.0 Å². The average molecular weight is 327 g/mol. The van der Waals surface area contributed by atoms with Gasteiger partial charge < -0.3 is 4.74 Å². The Kier molecular flexibility index (Phi) is 3.62. The van der Waals surface area contributed by atoms with Crippen molar-refractivity contribution in [3.63, 3.8) is 0 Å². The SMILES string of the molecule is NNc1nc(Oc2cc(Cl)cc(Cl)c2)c2ccsc2n1. The van der Waals surface area contributed by atoms with E-state index in [1.165, 1.54) is 11.3 Å². The summed E-state index contributed by atoms with van der Waals surface area (Å²) in [5.41, 5.74) is 2.41. The van der Waals surface area contributed by atoms with Gasteiger partial charge in [-0.1, -0.05) is 23.2 Å². The lowest BCUT2D eigenvalue weighted by atomic mass is 10.3. The van der Waals surface area contributed by atoms with Crippen molar-refractivity contribution in [3.8, 4) is 11.6 Å². The van der Waals surface area contributed by atoms with Crippen LogP contribution in [0.25, 0.3) is 10.2 Å². The van der Waals surface area contributed by atoms with Crippen molar-refractivity contribution in [2.24, 2.45) is 5.84 Å². The van der Waals surface area contributed by atoms with Gasteiger partial charge in [-0.25, -0.2) is 10.8 Å². The Bertz CT molecular complexity index is 757. The predicted octanol–water partition coefficient (Wildman–Crippen LogP) is 4.08. The Balaban J connectivity index is 2.07. The number of hydrogen-bond donors (Lipinski definition) is 2. The molecule has 3 rings (SSSR count). The molecule has 5 nitrogen and oxygen atoms in total. The lowest BCUT2D eigenvalue weighted by Gasteiger charge is -2.08. The largest absolute Gasteiger partial charge is 0.438 e. The lowest BCUT2D eigenvalue weighted by molar-refractivity contribution is 0.469. The number of anilines is 1. The molecule has 0 aliphatic rings. The molecule has 2 heterocycles. The minimum atomic E-state index is 0.281. The van der Waals surface area contributed by atoms with E-state index in [0.717, 1.165) is 10.2 Å². The first-order valence-electron chi connectivity index (χ1n) is 5.51. The quantitative estimate of drug-likeness (QED) is 0.560. The first-order valence-corrected chi connectivity index (χ1v) is 7.15. The summed E-state index contributed by atoms with van der Waals surface area (Å²) in [5, 5.41) is 3.67. The summed E-state index contributed by atoms with van der Waals surface area (Å²) in [7, 11) is 0. The summed E-state index contributed by atoms with van der Waals surface area (Å²) in [5.74, 6) is 6.52. The van der Waals surface area contributed by atoms with Crippen molar-refractivity contribution >= 4 is 50.7 Å². The number of fused-ring (bicyclic) bond motifs is 1. The zero-order valence-electron chi connectivity index (χ0n) is 9.93. The highest BCUT2D eigenvalue weighted by Crippen LogP contribution is 2.33. The molecule has 0 aliphatic heterocycles. The minimum Gasteiger partial charge on any atom is -0.438 e. The van der Waals surface area contributed by atoms with Crippen LogP contribution in [0.1, 0.15) is 0 Å². The number of nitrogen functional groups attached to an aromatic ring is 1. The Labute approximate surface area is 128 Å². The maximum absolute atomic E-state index is 5.94. The van der Waals surface area contributed by atoms with Gasteiger partial charge in [-0.15, -0.1) is 11.3 Å². The number of nitrogens with one attached hydrogen (secondary N) is 1. The van der Waals surface area contributed by atoms with Crippen LogP contribution in [-0.4, -0.2) is 9.97 Å². The number of benzene rings is 1. The van der Waals surface area contributed by atoms with Gasteiger partial charge in [-0.05, 0) is 29.6 Å². The zero-order valence-corrected chi connectivity index (χ0v) is 12.3. The molecule has 0 unspecified atom stereocenters. The number of thiophene rings is 1. The molecular formula is C12H8Cl2N4OS. The van der Waals surface area contributed by atoms with Gasteiger partial charge in [0.25, 0.3) is 0 Å². The molecular weight excluding hydrogens is 319 g/mol. The number of hydrogen-bond acceptors (Lipinski definition) is 6. The number of nitrogens with zero attached hydrogens (tertiary/aromatic N) is 2. The van der Waals surface area contributed by atoms with Crippen LogP contribution >= 0.6 is 34.5 Å². The second-order valence-electron chi connectivity index (χ2n) is 3.84. The van der Waals surface area contributed by atoms with E-state index in [9.17, 15) is 0 Å².